The molecule has 1 aromatic heterocycles. The normalized spacial score (nSPS) is 27.2. The van der Waals surface area contributed by atoms with E-state index >= 15 is 0 Å². The lowest BCUT2D eigenvalue weighted by Gasteiger charge is -2.40. The molecule has 2 unspecified atom stereocenters. The maximum Gasteiger partial charge on any atom is 0.410 e. The van der Waals surface area contributed by atoms with Gasteiger partial charge >= 0.3 is 6.09 Å². The Morgan fingerprint density at radius 3 is 2.62 bits per heavy atom. The average molecular weight is 512 g/mol. The summed E-state index contributed by atoms with van der Waals surface area (Å²) in [6.07, 6.45) is 0.649. The first-order valence-corrected chi connectivity index (χ1v) is 12.5. The van der Waals surface area contributed by atoms with E-state index in [2.05, 4.69) is 21.8 Å². The van der Waals surface area contributed by atoms with Crippen LogP contribution in [0.15, 0.2) is 0 Å². The molecule has 9 nitrogen and oxygen atoms in total. The Balaban J connectivity index is 1.45. The molecule has 4 aliphatic heterocycles. The molecule has 5 heterocycles. The molecule has 5 rings (SSSR count). The molecule has 0 bridgehead atoms. The number of piperazine rings is 1. The number of carbonyl (C=O) groups excluding carboxylic acids is 2. The van der Waals surface area contributed by atoms with E-state index in [9.17, 15) is 9.59 Å². The molecule has 3 saturated heterocycles. The lowest BCUT2D eigenvalue weighted by Crippen LogP contribution is -2.58. The van der Waals surface area contributed by atoms with Gasteiger partial charge in [-0.1, -0.05) is 23.2 Å². The zero-order valence-corrected chi connectivity index (χ0v) is 21.5. The van der Waals surface area contributed by atoms with Crippen molar-refractivity contribution in [1.29, 1.82) is 0 Å². The third-order valence-corrected chi connectivity index (χ3v) is 7.79. The van der Waals surface area contributed by atoms with Crippen LogP contribution in [-0.2, 0) is 4.74 Å². The number of hydrogen-bond acceptors (Lipinski definition) is 7. The van der Waals surface area contributed by atoms with Gasteiger partial charge in [-0.3, -0.25) is 4.79 Å². The number of carbonyl (C=O) groups is 2. The van der Waals surface area contributed by atoms with E-state index < -0.39 is 11.7 Å². The molecule has 0 saturated carbocycles. The van der Waals surface area contributed by atoms with Crippen LogP contribution in [0, 0.1) is 5.92 Å². The minimum Gasteiger partial charge on any atom is -0.489 e. The van der Waals surface area contributed by atoms with Gasteiger partial charge in [0, 0.05) is 45.3 Å². The van der Waals surface area contributed by atoms with E-state index in [4.69, 9.17) is 32.7 Å². The molecular weight excluding hydrogens is 481 g/mol. The standard InChI is InChI=1S/C23H31Cl2N5O4/c1-23(2,3)34-22(32)28-7-8-29-14(10-28)12-33-18-16(21(29)31)20(26-19(25)17(18)24)30-6-5-13-9-27(4)11-15(13)30/h13-15H,5-12H2,1-4H3/t13?,14-,15?/m1/s1. The minimum absolute atomic E-state index is 0.133. The van der Waals surface area contributed by atoms with E-state index in [0.717, 1.165) is 26.1 Å². The second-order valence-electron chi connectivity index (χ2n) is 10.7. The highest BCUT2D eigenvalue weighted by Crippen LogP contribution is 2.44. The van der Waals surface area contributed by atoms with Crippen LogP contribution < -0.4 is 9.64 Å². The topological polar surface area (TPSA) is 78.5 Å². The van der Waals surface area contributed by atoms with Crippen LogP contribution in [0.25, 0.3) is 0 Å². The summed E-state index contributed by atoms with van der Waals surface area (Å²) in [7, 11) is 2.11. The molecule has 0 aliphatic carbocycles. The first kappa shape index (κ1) is 23.8. The molecule has 0 spiro atoms. The molecule has 3 fully saturated rings. The molecule has 11 heteroatoms. The van der Waals surface area contributed by atoms with Crippen molar-refractivity contribution in [1.82, 2.24) is 19.7 Å². The van der Waals surface area contributed by atoms with Crippen molar-refractivity contribution in [3.63, 3.8) is 0 Å². The van der Waals surface area contributed by atoms with E-state index in [0.29, 0.717) is 36.9 Å². The summed E-state index contributed by atoms with van der Waals surface area (Å²) in [5, 5.41) is 0.283. The Morgan fingerprint density at radius 2 is 1.88 bits per heavy atom. The fraction of sp³-hybridized carbons (Fsp3) is 0.696. The summed E-state index contributed by atoms with van der Waals surface area (Å²) in [6, 6.07) is -0.0532. The lowest BCUT2D eigenvalue weighted by atomic mass is 10.0. The third kappa shape index (κ3) is 4.16. The molecular formula is C23H31Cl2N5O4. The van der Waals surface area contributed by atoms with Crippen LogP contribution in [0.3, 0.4) is 0 Å². The number of amides is 2. The zero-order valence-electron chi connectivity index (χ0n) is 20.0. The SMILES string of the molecule is CN1CC2CCN(c3nc(Cl)c(Cl)c4c3C(=O)N3CCN(C(=O)OC(C)(C)C)C[C@@H]3CO4)C2C1. The smallest absolute Gasteiger partial charge is 0.410 e. The van der Waals surface area contributed by atoms with Gasteiger partial charge in [-0.15, -0.1) is 0 Å². The van der Waals surface area contributed by atoms with Crippen molar-refractivity contribution < 1.29 is 19.1 Å². The summed E-state index contributed by atoms with van der Waals surface area (Å²) < 4.78 is 11.7. The second kappa shape index (κ2) is 8.60. The van der Waals surface area contributed by atoms with Crippen molar-refractivity contribution >= 4 is 41.0 Å². The van der Waals surface area contributed by atoms with E-state index in [1.165, 1.54) is 0 Å². The van der Waals surface area contributed by atoms with Crippen LogP contribution in [0.5, 0.6) is 5.75 Å². The third-order valence-electron chi connectivity index (χ3n) is 7.07. The van der Waals surface area contributed by atoms with Gasteiger partial charge in [-0.05, 0) is 40.2 Å². The summed E-state index contributed by atoms with van der Waals surface area (Å²) in [6.45, 7) is 9.54. The molecule has 34 heavy (non-hydrogen) atoms. The molecule has 186 valence electrons. The highest BCUT2D eigenvalue weighted by molar-refractivity contribution is 6.42. The van der Waals surface area contributed by atoms with Gasteiger partial charge in [-0.2, -0.15) is 0 Å². The maximum absolute atomic E-state index is 13.9. The molecule has 4 aliphatic rings. The van der Waals surface area contributed by atoms with Crippen LogP contribution in [0.4, 0.5) is 10.6 Å². The van der Waals surface area contributed by atoms with Crippen LogP contribution in [0.1, 0.15) is 37.6 Å². The van der Waals surface area contributed by atoms with Crippen molar-refractivity contribution in [2.75, 3.05) is 57.8 Å². The summed E-state index contributed by atoms with van der Waals surface area (Å²) >= 11 is 12.9. The Hall–Kier alpha value is -1.97. The summed E-state index contributed by atoms with van der Waals surface area (Å²) in [5.74, 6) is 1.18. The molecule has 3 atom stereocenters. The van der Waals surface area contributed by atoms with Gasteiger partial charge < -0.3 is 29.1 Å². The second-order valence-corrected chi connectivity index (χ2v) is 11.4. The molecule has 2 amide bonds. The number of likely N-dealkylation sites (N-methyl/N-ethyl adjacent to an activating group) is 1. The first-order chi connectivity index (χ1) is 16.0. The first-order valence-electron chi connectivity index (χ1n) is 11.8. The number of anilines is 1. The molecule has 0 N–H and O–H groups in total. The Bertz CT molecular complexity index is 1020. The summed E-state index contributed by atoms with van der Waals surface area (Å²) in [5.41, 5.74) is -0.217. The molecule has 0 radical (unpaired) electrons. The average Bonchev–Trinajstić information content (AvgIpc) is 3.27. The number of ether oxygens (including phenoxy) is 2. The lowest BCUT2D eigenvalue weighted by molar-refractivity contribution is 0.000954. The van der Waals surface area contributed by atoms with E-state index in [1.54, 1.807) is 9.80 Å². The van der Waals surface area contributed by atoms with Gasteiger partial charge in [0.2, 0.25) is 0 Å². The number of nitrogens with zero attached hydrogens (tertiary/aromatic N) is 5. The number of aromatic nitrogens is 1. The van der Waals surface area contributed by atoms with Crippen LogP contribution in [-0.4, -0.2) is 102 Å². The maximum atomic E-state index is 13.9. The number of fused-ring (bicyclic) bond motifs is 3. The van der Waals surface area contributed by atoms with Gasteiger partial charge in [0.15, 0.2) is 10.9 Å². The zero-order chi connectivity index (χ0) is 24.4. The minimum atomic E-state index is -0.590. The Morgan fingerprint density at radius 1 is 1.12 bits per heavy atom. The Kier molecular flexibility index (Phi) is 6.01. The number of pyridine rings is 1. The van der Waals surface area contributed by atoms with Gasteiger partial charge in [0.1, 0.15) is 28.6 Å². The van der Waals surface area contributed by atoms with Gasteiger partial charge in [0.05, 0.1) is 6.04 Å². The fourth-order valence-electron chi connectivity index (χ4n) is 5.56. The Labute approximate surface area is 209 Å². The largest absolute Gasteiger partial charge is 0.489 e. The van der Waals surface area contributed by atoms with Crippen LogP contribution >= 0.6 is 23.2 Å². The van der Waals surface area contributed by atoms with E-state index in [1.807, 2.05) is 20.8 Å². The van der Waals surface area contributed by atoms with Crippen molar-refractivity contribution in [2.24, 2.45) is 5.92 Å². The summed E-state index contributed by atoms with van der Waals surface area (Å²) in [4.78, 5) is 39.1. The quantitative estimate of drug-likeness (QED) is 0.536. The number of rotatable bonds is 1. The van der Waals surface area contributed by atoms with Crippen molar-refractivity contribution in [3.8, 4) is 5.75 Å². The number of halogens is 2. The predicted octanol–water partition coefficient (Wildman–Crippen LogP) is 2.98. The predicted molar refractivity (Wildman–Crippen MR) is 129 cm³/mol. The molecule has 1 aromatic rings. The van der Waals surface area contributed by atoms with Crippen LogP contribution in [0.2, 0.25) is 10.2 Å². The molecule has 0 aromatic carbocycles. The number of likely N-dealkylation sites (tertiary alicyclic amines) is 1. The fourth-order valence-corrected chi connectivity index (χ4v) is 5.91. The van der Waals surface area contributed by atoms with Crippen molar-refractivity contribution in [3.05, 3.63) is 15.7 Å². The van der Waals surface area contributed by atoms with Crippen molar-refractivity contribution in [2.45, 2.75) is 44.9 Å². The monoisotopic (exact) mass is 511 g/mol. The van der Waals surface area contributed by atoms with E-state index in [-0.39, 0.29) is 40.5 Å². The van der Waals surface area contributed by atoms with Gasteiger partial charge in [-0.25, -0.2) is 9.78 Å². The highest BCUT2D eigenvalue weighted by atomic mass is 35.5. The number of hydrogen-bond donors (Lipinski definition) is 0. The highest BCUT2D eigenvalue weighted by Gasteiger charge is 2.45. The van der Waals surface area contributed by atoms with Gasteiger partial charge in [0.25, 0.3) is 5.91 Å².